The maximum absolute atomic E-state index is 5.33. The Morgan fingerprint density at radius 1 is 1.35 bits per heavy atom. The van der Waals surface area contributed by atoms with Crippen LogP contribution < -0.4 is 0 Å². The molecule has 0 atom stereocenters. The molecule has 0 radical (unpaired) electrons. The first-order valence-corrected chi connectivity index (χ1v) is 6.85. The molecular weight excluding hydrogens is 248 g/mol. The maximum Gasteiger partial charge on any atom is 0.182 e. The molecule has 0 aliphatic rings. The van der Waals surface area contributed by atoms with Crippen LogP contribution in [0.25, 0.3) is 15.8 Å². The molecule has 1 N–H and O–H groups in total. The first kappa shape index (κ1) is 10.7. The SMILES string of the molecule is CCc1c[nH]c(=S)n1-c1ccc2sccc2c1. The van der Waals surface area contributed by atoms with Crippen LogP contribution in [0.1, 0.15) is 12.6 Å². The lowest BCUT2D eigenvalue weighted by Crippen LogP contribution is -1.98. The van der Waals surface area contributed by atoms with Gasteiger partial charge in [0, 0.05) is 22.3 Å². The molecule has 0 spiro atoms. The zero-order valence-electron chi connectivity index (χ0n) is 9.43. The van der Waals surface area contributed by atoms with Crippen LogP contribution in [0, 0.1) is 4.77 Å². The highest BCUT2D eigenvalue weighted by Crippen LogP contribution is 2.24. The van der Waals surface area contributed by atoms with E-state index in [2.05, 4.69) is 46.1 Å². The summed E-state index contributed by atoms with van der Waals surface area (Å²) in [5.41, 5.74) is 2.35. The molecule has 2 heterocycles. The smallest absolute Gasteiger partial charge is 0.182 e. The van der Waals surface area contributed by atoms with Gasteiger partial charge in [-0.1, -0.05) is 6.92 Å². The minimum atomic E-state index is 0.761. The predicted molar refractivity (Wildman–Crippen MR) is 75.7 cm³/mol. The van der Waals surface area contributed by atoms with Crippen LogP contribution in [0.2, 0.25) is 0 Å². The molecule has 0 saturated heterocycles. The molecule has 3 rings (SSSR count). The van der Waals surface area contributed by atoms with Crippen molar-refractivity contribution in [3.05, 3.63) is 46.3 Å². The fourth-order valence-electron chi connectivity index (χ4n) is 2.04. The molecule has 2 aromatic heterocycles. The van der Waals surface area contributed by atoms with Gasteiger partial charge in [-0.25, -0.2) is 0 Å². The molecule has 0 unspecified atom stereocenters. The summed E-state index contributed by atoms with van der Waals surface area (Å²) < 4.78 is 4.18. The largest absolute Gasteiger partial charge is 0.337 e. The van der Waals surface area contributed by atoms with Gasteiger partial charge in [-0.3, -0.25) is 4.57 Å². The van der Waals surface area contributed by atoms with Crippen molar-refractivity contribution in [1.82, 2.24) is 9.55 Å². The number of benzene rings is 1. The van der Waals surface area contributed by atoms with E-state index in [4.69, 9.17) is 12.2 Å². The van der Waals surface area contributed by atoms with Crippen molar-refractivity contribution >= 4 is 33.6 Å². The van der Waals surface area contributed by atoms with Crippen molar-refractivity contribution < 1.29 is 0 Å². The third kappa shape index (κ3) is 1.73. The van der Waals surface area contributed by atoms with Crippen LogP contribution in [0.4, 0.5) is 0 Å². The molecule has 2 nitrogen and oxygen atoms in total. The number of nitrogens with one attached hydrogen (secondary N) is 1. The Labute approximate surface area is 109 Å². The van der Waals surface area contributed by atoms with Crippen LogP contribution in [0.3, 0.4) is 0 Å². The van der Waals surface area contributed by atoms with E-state index in [9.17, 15) is 0 Å². The molecule has 1 aromatic carbocycles. The minimum absolute atomic E-state index is 0.761. The molecule has 86 valence electrons. The predicted octanol–water partition coefficient (Wildman–Crippen LogP) is 4.31. The fourth-order valence-corrected chi connectivity index (χ4v) is 3.09. The van der Waals surface area contributed by atoms with Crippen LogP contribution in [0.15, 0.2) is 35.8 Å². The Balaban J connectivity index is 2.26. The average Bonchev–Trinajstić information content (AvgIpc) is 2.93. The monoisotopic (exact) mass is 260 g/mol. The first-order chi connectivity index (χ1) is 8.29. The fraction of sp³-hybridized carbons (Fsp3) is 0.154. The van der Waals surface area contributed by atoms with Crippen molar-refractivity contribution in [2.24, 2.45) is 0 Å². The Hall–Kier alpha value is -1.39. The lowest BCUT2D eigenvalue weighted by molar-refractivity contribution is 0.924. The van der Waals surface area contributed by atoms with Crippen LogP contribution in [0.5, 0.6) is 0 Å². The van der Waals surface area contributed by atoms with Gasteiger partial charge < -0.3 is 4.98 Å². The lowest BCUT2D eigenvalue weighted by Gasteiger charge is -2.06. The molecule has 0 fully saturated rings. The zero-order valence-corrected chi connectivity index (χ0v) is 11.1. The number of thiophene rings is 1. The summed E-state index contributed by atoms with van der Waals surface area (Å²) in [6.45, 7) is 2.14. The Morgan fingerprint density at radius 2 is 2.24 bits per heavy atom. The van der Waals surface area contributed by atoms with E-state index in [-0.39, 0.29) is 0 Å². The number of aromatic nitrogens is 2. The van der Waals surface area contributed by atoms with Gasteiger partial charge in [-0.05, 0) is 53.7 Å². The van der Waals surface area contributed by atoms with Gasteiger partial charge in [-0.15, -0.1) is 11.3 Å². The second kappa shape index (κ2) is 4.13. The number of hydrogen-bond donors (Lipinski definition) is 1. The summed E-state index contributed by atoms with van der Waals surface area (Å²) in [7, 11) is 0. The van der Waals surface area contributed by atoms with Gasteiger partial charge in [0.2, 0.25) is 0 Å². The second-order valence-corrected chi connectivity index (χ2v) is 5.25. The van der Waals surface area contributed by atoms with E-state index in [1.54, 1.807) is 11.3 Å². The summed E-state index contributed by atoms with van der Waals surface area (Å²) in [5.74, 6) is 0. The molecule has 17 heavy (non-hydrogen) atoms. The van der Waals surface area contributed by atoms with Crippen molar-refractivity contribution in [1.29, 1.82) is 0 Å². The quantitative estimate of drug-likeness (QED) is 0.681. The van der Waals surface area contributed by atoms with Crippen molar-refractivity contribution in [3.63, 3.8) is 0 Å². The molecule has 0 bridgehead atoms. The molecule has 0 saturated carbocycles. The Kier molecular flexibility index (Phi) is 2.61. The highest BCUT2D eigenvalue weighted by atomic mass is 32.1. The van der Waals surface area contributed by atoms with E-state index >= 15 is 0 Å². The second-order valence-electron chi connectivity index (χ2n) is 3.92. The first-order valence-electron chi connectivity index (χ1n) is 5.56. The summed E-state index contributed by atoms with van der Waals surface area (Å²) in [4.78, 5) is 3.11. The Bertz CT molecular complexity index is 718. The molecular formula is C13H12N2S2. The van der Waals surface area contributed by atoms with Crippen LogP contribution in [-0.2, 0) is 6.42 Å². The minimum Gasteiger partial charge on any atom is -0.337 e. The standard InChI is InChI=1S/C13H12N2S2/c1-2-10-8-14-13(16)15(10)11-3-4-12-9(7-11)5-6-17-12/h3-8H,2H2,1H3,(H,14,16). The lowest BCUT2D eigenvalue weighted by atomic mass is 10.2. The van der Waals surface area contributed by atoms with Gasteiger partial charge in [0.25, 0.3) is 0 Å². The Morgan fingerprint density at radius 3 is 3.06 bits per heavy atom. The number of rotatable bonds is 2. The van der Waals surface area contributed by atoms with E-state index in [1.165, 1.54) is 15.8 Å². The molecule has 3 aromatic rings. The number of aryl methyl sites for hydroxylation is 1. The normalized spacial score (nSPS) is 11.1. The van der Waals surface area contributed by atoms with Crippen molar-refractivity contribution in [2.45, 2.75) is 13.3 Å². The van der Waals surface area contributed by atoms with E-state index < -0.39 is 0 Å². The highest BCUT2D eigenvalue weighted by Gasteiger charge is 2.05. The third-order valence-electron chi connectivity index (χ3n) is 2.91. The van der Waals surface area contributed by atoms with Crippen molar-refractivity contribution in [3.8, 4) is 5.69 Å². The number of H-pyrrole nitrogens is 1. The topological polar surface area (TPSA) is 20.7 Å². The van der Waals surface area contributed by atoms with Crippen LogP contribution in [-0.4, -0.2) is 9.55 Å². The molecule has 0 aliphatic heterocycles. The van der Waals surface area contributed by atoms with Crippen molar-refractivity contribution in [2.75, 3.05) is 0 Å². The zero-order chi connectivity index (χ0) is 11.8. The molecule has 0 amide bonds. The van der Waals surface area contributed by atoms with E-state index in [0.29, 0.717) is 0 Å². The van der Waals surface area contributed by atoms with Gasteiger partial charge in [0.15, 0.2) is 4.77 Å². The summed E-state index contributed by atoms with van der Waals surface area (Å²) in [6.07, 6.45) is 2.95. The third-order valence-corrected chi connectivity index (χ3v) is 4.11. The summed E-state index contributed by atoms with van der Waals surface area (Å²) in [6, 6.07) is 8.62. The summed E-state index contributed by atoms with van der Waals surface area (Å²) in [5, 5.41) is 3.39. The maximum atomic E-state index is 5.33. The number of aromatic amines is 1. The van der Waals surface area contributed by atoms with E-state index in [1.807, 2.05) is 6.20 Å². The van der Waals surface area contributed by atoms with Gasteiger partial charge in [0.05, 0.1) is 0 Å². The van der Waals surface area contributed by atoms with Gasteiger partial charge in [0.1, 0.15) is 0 Å². The summed E-state index contributed by atoms with van der Waals surface area (Å²) >= 11 is 7.10. The molecule has 0 aliphatic carbocycles. The molecule has 4 heteroatoms. The van der Waals surface area contributed by atoms with Gasteiger partial charge in [-0.2, -0.15) is 0 Å². The average molecular weight is 260 g/mol. The number of imidazole rings is 1. The van der Waals surface area contributed by atoms with Crippen LogP contribution >= 0.6 is 23.6 Å². The van der Waals surface area contributed by atoms with Gasteiger partial charge >= 0.3 is 0 Å². The number of nitrogens with zero attached hydrogens (tertiary/aromatic N) is 1. The highest BCUT2D eigenvalue weighted by molar-refractivity contribution is 7.71. The number of fused-ring (bicyclic) bond motifs is 1. The number of hydrogen-bond acceptors (Lipinski definition) is 2. The van der Waals surface area contributed by atoms with E-state index in [0.717, 1.165) is 16.9 Å².